The van der Waals surface area contributed by atoms with Gasteiger partial charge in [0.2, 0.25) is 5.09 Å². The third kappa shape index (κ3) is 3.04. The molecule has 8 nitrogen and oxygen atoms in total. The maximum absolute atomic E-state index is 11.9. The second kappa shape index (κ2) is 5.93. The predicted molar refractivity (Wildman–Crippen MR) is 76.6 cm³/mol. The number of carbonyl (C=O) groups is 1. The van der Waals surface area contributed by atoms with Gasteiger partial charge in [-0.2, -0.15) is 5.10 Å². The summed E-state index contributed by atoms with van der Waals surface area (Å²) >= 11 is 0. The highest BCUT2D eigenvalue weighted by atomic mass is 32.2. The van der Waals surface area contributed by atoms with Crippen LogP contribution in [0.15, 0.2) is 27.8 Å². The van der Waals surface area contributed by atoms with Crippen molar-refractivity contribution in [3.05, 3.63) is 35.3 Å². The van der Waals surface area contributed by atoms with E-state index in [1.54, 1.807) is 18.7 Å². The molecule has 0 saturated heterocycles. The zero-order chi connectivity index (χ0) is 16.5. The highest BCUT2D eigenvalue weighted by Gasteiger charge is 2.22. The molecule has 22 heavy (non-hydrogen) atoms. The van der Waals surface area contributed by atoms with Crippen LogP contribution >= 0.6 is 0 Å². The van der Waals surface area contributed by atoms with E-state index in [4.69, 9.17) is 9.15 Å². The van der Waals surface area contributed by atoms with Crippen molar-refractivity contribution in [3.8, 4) is 0 Å². The molecule has 0 radical (unpaired) electrons. The summed E-state index contributed by atoms with van der Waals surface area (Å²) in [5, 5.41) is 3.76. The Bertz CT molecular complexity index is 788. The van der Waals surface area contributed by atoms with Crippen LogP contribution in [-0.4, -0.2) is 42.6 Å². The monoisotopic (exact) mass is 327 g/mol. The lowest BCUT2D eigenvalue weighted by atomic mass is 10.3. The highest BCUT2D eigenvalue weighted by Crippen LogP contribution is 2.18. The zero-order valence-corrected chi connectivity index (χ0v) is 13.5. The van der Waals surface area contributed by atoms with E-state index in [0.29, 0.717) is 11.3 Å². The van der Waals surface area contributed by atoms with Crippen LogP contribution in [0.4, 0.5) is 0 Å². The summed E-state index contributed by atoms with van der Waals surface area (Å²) in [5.74, 6) is -0.297. The van der Waals surface area contributed by atoms with Gasteiger partial charge in [0.1, 0.15) is 17.9 Å². The first kappa shape index (κ1) is 16.2. The number of ether oxygens (including phenoxy) is 1. The number of rotatable bonds is 5. The molecule has 2 aromatic heterocycles. The molecule has 0 aromatic carbocycles. The fourth-order valence-electron chi connectivity index (χ4n) is 1.67. The van der Waals surface area contributed by atoms with Crippen LogP contribution in [0.25, 0.3) is 0 Å². The van der Waals surface area contributed by atoms with Gasteiger partial charge >= 0.3 is 5.97 Å². The molecule has 0 unspecified atom stereocenters. The molecule has 0 aliphatic carbocycles. The predicted octanol–water partition coefficient (Wildman–Crippen LogP) is 0.929. The Kier molecular flexibility index (Phi) is 4.38. The van der Waals surface area contributed by atoms with E-state index in [1.807, 2.05) is 0 Å². The Balaban J connectivity index is 2.06. The van der Waals surface area contributed by atoms with Gasteiger partial charge in [-0.15, -0.1) is 0 Å². The first-order chi connectivity index (χ1) is 10.2. The Labute approximate surface area is 128 Å². The van der Waals surface area contributed by atoms with E-state index in [9.17, 15) is 13.2 Å². The van der Waals surface area contributed by atoms with Gasteiger partial charge < -0.3 is 9.15 Å². The number of hydrogen-bond donors (Lipinski definition) is 0. The first-order valence-electron chi connectivity index (χ1n) is 6.40. The normalized spacial score (nSPS) is 11.9. The second-order valence-electron chi connectivity index (χ2n) is 4.85. The summed E-state index contributed by atoms with van der Waals surface area (Å²) in [6, 6.07) is 2.79. The van der Waals surface area contributed by atoms with Crippen molar-refractivity contribution in [1.29, 1.82) is 0 Å². The zero-order valence-electron chi connectivity index (χ0n) is 12.7. The number of aromatic nitrogens is 2. The minimum absolute atomic E-state index is 0.157. The Morgan fingerprint density at radius 2 is 2.09 bits per heavy atom. The van der Waals surface area contributed by atoms with E-state index < -0.39 is 16.0 Å². The quantitative estimate of drug-likeness (QED) is 0.758. The van der Waals surface area contributed by atoms with Gasteiger partial charge in [-0.05, 0) is 19.1 Å². The van der Waals surface area contributed by atoms with E-state index in [0.717, 1.165) is 4.31 Å². The standard InChI is InChI=1S/C13H17N3O5S/c1-9-11(7-14-16(9)4)13(17)20-8-10-5-6-12(21-10)22(18,19)15(2)3/h5-7H,8H2,1-4H3. The van der Waals surface area contributed by atoms with E-state index >= 15 is 0 Å². The third-order valence-corrected chi connectivity index (χ3v) is 4.86. The summed E-state index contributed by atoms with van der Waals surface area (Å²) in [5.41, 5.74) is 1.04. The van der Waals surface area contributed by atoms with E-state index in [-0.39, 0.29) is 17.5 Å². The maximum atomic E-state index is 11.9. The molecule has 2 rings (SSSR count). The molecule has 0 amide bonds. The molecule has 120 valence electrons. The van der Waals surface area contributed by atoms with Crippen molar-refractivity contribution in [2.45, 2.75) is 18.6 Å². The van der Waals surface area contributed by atoms with Crippen LogP contribution in [0.5, 0.6) is 0 Å². The molecule has 0 aliphatic heterocycles. The minimum Gasteiger partial charge on any atom is -0.454 e. The fraction of sp³-hybridized carbons (Fsp3) is 0.385. The van der Waals surface area contributed by atoms with Crippen molar-refractivity contribution in [3.63, 3.8) is 0 Å². The summed E-state index contributed by atoms with van der Waals surface area (Å²) in [6.45, 7) is 1.59. The minimum atomic E-state index is -3.64. The Hall–Kier alpha value is -2.13. The molecule has 0 N–H and O–H groups in total. The van der Waals surface area contributed by atoms with Gasteiger partial charge in [0.25, 0.3) is 10.0 Å². The van der Waals surface area contributed by atoms with E-state index in [2.05, 4.69) is 5.10 Å². The summed E-state index contributed by atoms with van der Waals surface area (Å²) in [6.07, 6.45) is 1.42. The number of furan rings is 1. The third-order valence-electron chi connectivity index (χ3n) is 3.17. The SMILES string of the molecule is Cc1c(C(=O)OCc2ccc(S(=O)(=O)N(C)C)o2)cnn1C. The van der Waals surface area contributed by atoms with E-state index in [1.165, 1.54) is 32.4 Å². The van der Waals surface area contributed by atoms with Gasteiger partial charge in [0, 0.05) is 26.8 Å². The number of sulfonamides is 1. The lowest BCUT2D eigenvalue weighted by Crippen LogP contribution is -2.21. The average Bonchev–Trinajstić information content (AvgIpc) is 3.05. The molecule has 0 saturated carbocycles. The lowest BCUT2D eigenvalue weighted by molar-refractivity contribution is 0.0439. The number of esters is 1. The van der Waals surface area contributed by atoms with Gasteiger partial charge in [0.15, 0.2) is 0 Å². The number of hydrogen-bond acceptors (Lipinski definition) is 6. The number of carbonyl (C=O) groups excluding carboxylic acids is 1. The topological polar surface area (TPSA) is 94.6 Å². The Morgan fingerprint density at radius 3 is 2.64 bits per heavy atom. The lowest BCUT2D eigenvalue weighted by Gasteiger charge is -2.07. The number of aryl methyl sites for hydroxylation is 1. The van der Waals surface area contributed by atoms with Crippen LogP contribution in [0.2, 0.25) is 0 Å². The van der Waals surface area contributed by atoms with Crippen molar-refractivity contribution in [1.82, 2.24) is 14.1 Å². The van der Waals surface area contributed by atoms with Gasteiger partial charge in [-0.3, -0.25) is 4.68 Å². The highest BCUT2D eigenvalue weighted by molar-refractivity contribution is 7.88. The second-order valence-corrected chi connectivity index (χ2v) is 6.93. The van der Waals surface area contributed by atoms with Crippen molar-refractivity contribution in [2.24, 2.45) is 7.05 Å². The van der Waals surface area contributed by atoms with Crippen molar-refractivity contribution < 1.29 is 22.4 Å². The molecular formula is C13H17N3O5S. The molecule has 0 bridgehead atoms. The van der Waals surface area contributed by atoms with Crippen LogP contribution in [0.1, 0.15) is 21.8 Å². The van der Waals surface area contributed by atoms with Gasteiger partial charge in [-0.25, -0.2) is 17.5 Å². The van der Waals surface area contributed by atoms with Crippen molar-refractivity contribution in [2.75, 3.05) is 14.1 Å². The van der Waals surface area contributed by atoms with Crippen LogP contribution in [-0.2, 0) is 28.4 Å². The molecule has 0 aliphatic rings. The van der Waals surface area contributed by atoms with Gasteiger partial charge in [0.05, 0.1) is 6.20 Å². The summed E-state index contributed by atoms with van der Waals surface area (Å²) < 4.78 is 36.6. The molecular weight excluding hydrogens is 310 g/mol. The van der Waals surface area contributed by atoms with Crippen molar-refractivity contribution >= 4 is 16.0 Å². The van der Waals surface area contributed by atoms with Crippen LogP contribution < -0.4 is 0 Å². The molecule has 0 fully saturated rings. The molecule has 2 aromatic rings. The summed E-state index contributed by atoms with van der Waals surface area (Å²) in [4.78, 5) is 11.9. The average molecular weight is 327 g/mol. The number of nitrogens with zero attached hydrogens (tertiary/aromatic N) is 3. The molecule has 0 spiro atoms. The molecule has 9 heteroatoms. The Morgan fingerprint density at radius 1 is 1.41 bits per heavy atom. The fourth-order valence-corrected chi connectivity index (χ4v) is 2.48. The summed E-state index contributed by atoms with van der Waals surface area (Å²) in [7, 11) is 0.893. The molecule has 2 heterocycles. The largest absolute Gasteiger partial charge is 0.454 e. The smallest absolute Gasteiger partial charge is 0.342 e. The maximum Gasteiger partial charge on any atom is 0.342 e. The molecule has 0 atom stereocenters. The first-order valence-corrected chi connectivity index (χ1v) is 7.84. The van der Waals surface area contributed by atoms with Crippen LogP contribution in [0.3, 0.4) is 0 Å². The van der Waals surface area contributed by atoms with Gasteiger partial charge in [-0.1, -0.05) is 0 Å². The van der Waals surface area contributed by atoms with Crippen LogP contribution in [0, 0.1) is 6.92 Å².